The average Bonchev–Trinajstić information content (AvgIpc) is 3.28. The SMILES string of the molecule is CCc1cc(SC(C)Cc2cccc3cn(-c4ccc(C(F)(F)F)cc4)nc23)ccc1OCC(=O)O. The standard InChI is InChI=1S/C27H25F3N2O3S/c1-3-18-14-23(11-12-24(18)35-16-25(33)34)36-17(2)13-19-5-4-6-20-15-32(31-26(19)20)22-9-7-21(8-10-22)27(28,29)30/h4-12,14-15,17H,3,13,16H2,1-2H3,(H,33,34). The maximum atomic E-state index is 12.9. The lowest BCUT2D eigenvalue weighted by molar-refractivity contribution is -0.139. The fraction of sp³-hybridized carbons (Fsp3) is 0.259. The second-order valence-corrected chi connectivity index (χ2v) is 9.92. The van der Waals surface area contributed by atoms with Crippen LogP contribution in [0.25, 0.3) is 16.6 Å². The molecule has 5 nitrogen and oxygen atoms in total. The number of aromatic nitrogens is 2. The lowest BCUT2D eigenvalue weighted by atomic mass is 10.1. The van der Waals surface area contributed by atoms with Gasteiger partial charge in [0, 0.05) is 21.7 Å². The molecule has 0 bridgehead atoms. The van der Waals surface area contributed by atoms with Gasteiger partial charge in [0.25, 0.3) is 0 Å². The molecule has 0 amide bonds. The van der Waals surface area contributed by atoms with E-state index in [0.717, 1.165) is 51.9 Å². The molecule has 0 radical (unpaired) electrons. The molecule has 1 atom stereocenters. The second-order valence-electron chi connectivity index (χ2n) is 8.41. The van der Waals surface area contributed by atoms with Crippen molar-refractivity contribution in [3.05, 3.63) is 83.6 Å². The maximum Gasteiger partial charge on any atom is 0.416 e. The Hall–Kier alpha value is -3.46. The topological polar surface area (TPSA) is 64.4 Å². The second kappa shape index (κ2) is 10.7. The normalized spacial score (nSPS) is 12.6. The molecular formula is C27H25F3N2O3S. The van der Waals surface area contributed by atoms with Crippen molar-refractivity contribution in [2.75, 3.05) is 6.61 Å². The number of carboxylic acid groups (broad SMARTS) is 1. The third-order valence-electron chi connectivity index (χ3n) is 5.69. The van der Waals surface area contributed by atoms with Crippen molar-refractivity contribution < 1.29 is 27.8 Å². The minimum absolute atomic E-state index is 0.210. The highest BCUT2D eigenvalue weighted by atomic mass is 32.2. The monoisotopic (exact) mass is 514 g/mol. The molecule has 1 heterocycles. The number of aliphatic carboxylic acids is 1. The molecule has 4 rings (SSSR count). The fourth-order valence-corrected chi connectivity index (χ4v) is 5.06. The number of alkyl halides is 3. The van der Waals surface area contributed by atoms with Crippen molar-refractivity contribution in [1.29, 1.82) is 0 Å². The first-order valence-electron chi connectivity index (χ1n) is 11.4. The molecule has 9 heteroatoms. The molecule has 1 N–H and O–H groups in total. The van der Waals surface area contributed by atoms with Gasteiger partial charge in [-0.25, -0.2) is 9.48 Å². The predicted molar refractivity (Wildman–Crippen MR) is 134 cm³/mol. The zero-order valence-electron chi connectivity index (χ0n) is 19.7. The number of fused-ring (bicyclic) bond motifs is 1. The van der Waals surface area contributed by atoms with Crippen LogP contribution in [0.5, 0.6) is 5.75 Å². The summed E-state index contributed by atoms with van der Waals surface area (Å²) < 4.78 is 45.7. The Bertz CT molecular complexity index is 1370. The predicted octanol–water partition coefficient (Wildman–Crippen LogP) is 6.79. The van der Waals surface area contributed by atoms with Gasteiger partial charge in [0.2, 0.25) is 0 Å². The van der Waals surface area contributed by atoms with E-state index in [-0.39, 0.29) is 11.9 Å². The minimum atomic E-state index is -4.38. The van der Waals surface area contributed by atoms with Crippen molar-refractivity contribution in [1.82, 2.24) is 9.78 Å². The van der Waals surface area contributed by atoms with Crippen LogP contribution in [-0.2, 0) is 23.8 Å². The Morgan fingerprint density at radius 3 is 2.53 bits per heavy atom. The van der Waals surface area contributed by atoms with Gasteiger partial charge in [0.05, 0.1) is 16.8 Å². The molecular weight excluding hydrogens is 489 g/mol. The summed E-state index contributed by atoms with van der Waals surface area (Å²) >= 11 is 1.70. The summed E-state index contributed by atoms with van der Waals surface area (Å²) in [6.07, 6.45) is -1.09. The van der Waals surface area contributed by atoms with Crippen molar-refractivity contribution in [2.45, 2.75) is 43.0 Å². The number of thioether (sulfide) groups is 1. The molecule has 0 aliphatic carbocycles. The number of nitrogens with zero attached hydrogens (tertiary/aromatic N) is 2. The summed E-state index contributed by atoms with van der Waals surface area (Å²) in [5.74, 6) is -0.436. The number of carboxylic acids is 1. The highest BCUT2D eigenvalue weighted by molar-refractivity contribution is 8.00. The Kier molecular flexibility index (Phi) is 7.59. The Morgan fingerprint density at radius 2 is 1.86 bits per heavy atom. The van der Waals surface area contributed by atoms with Crippen LogP contribution >= 0.6 is 11.8 Å². The van der Waals surface area contributed by atoms with E-state index in [1.807, 2.05) is 49.5 Å². The summed E-state index contributed by atoms with van der Waals surface area (Å²) in [5.41, 5.74) is 2.68. The van der Waals surface area contributed by atoms with E-state index in [1.54, 1.807) is 16.4 Å². The van der Waals surface area contributed by atoms with Gasteiger partial charge < -0.3 is 9.84 Å². The van der Waals surface area contributed by atoms with E-state index in [9.17, 15) is 18.0 Å². The summed E-state index contributed by atoms with van der Waals surface area (Å²) in [7, 11) is 0. The number of hydrogen-bond donors (Lipinski definition) is 1. The molecule has 0 aliphatic heterocycles. The van der Waals surface area contributed by atoms with Crippen LogP contribution in [-0.4, -0.2) is 32.7 Å². The Morgan fingerprint density at radius 1 is 1.11 bits per heavy atom. The number of aryl methyl sites for hydroxylation is 1. The molecule has 0 saturated carbocycles. The van der Waals surface area contributed by atoms with Crippen LogP contribution in [0.1, 0.15) is 30.5 Å². The van der Waals surface area contributed by atoms with Gasteiger partial charge in [-0.05, 0) is 66.4 Å². The van der Waals surface area contributed by atoms with Gasteiger partial charge in [-0.3, -0.25) is 0 Å². The summed E-state index contributed by atoms with van der Waals surface area (Å²) in [5, 5.41) is 14.7. The van der Waals surface area contributed by atoms with Crippen LogP contribution in [0.15, 0.2) is 71.8 Å². The first-order valence-corrected chi connectivity index (χ1v) is 12.3. The lowest BCUT2D eigenvalue weighted by Crippen LogP contribution is -2.10. The van der Waals surface area contributed by atoms with Crippen molar-refractivity contribution in [3.63, 3.8) is 0 Å². The van der Waals surface area contributed by atoms with Gasteiger partial charge in [-0.15, -0.1) is 11.8 Å². The highest BCUT2D eigenvalue weighted by Crippen LogP contribution is 2.32. The van der Waals surface area contributed by atoms with E-state index < -0.39 is 17.7 Å². The summed E-state index contributed by atoms with van der Waals surface area (Å²) in [6, 6.07) is 16.6. The Balaban J connectivity index is 1.50. The van der Waals surface area contributed by atoms with E-state index in [4.69, 9.17) is 9.84 Å². The molecule has 1 aromatic heterocycles. The average molecular weight is 515 g/mol. The van der Waals surface area contributed by atoms with Gasteiger partial charge in [0.1, 0.15) is 5.75 Å². The fourth-order valence-electron chi connectivity index (χ4n) is 3.98. The molecule has 0 saturated heterocycles. The highest BCUT2D eigenvalue weighted by Gasteiger charge is 2.30. The zero-order valence-corrected chi connectivity index (χ0v) is 20.6. The van der Waals surface area contributed by atoms with Crippen molar-refractivity contribution in [2.24, 2.45) is 0 Å². The number of rotatable bonds is 9. The molecule has 188 valence electrons. The van der Waals surface area contributed by atoms with Gasteiger partial charge in [-0.2, -0.15) is 18.3 Å². The first-order chi connectivity index (χ1) is 17.1. The van der Waals surface area contributed by atoms with Crippen LogP contribution in [0, 0.1) is 0 Å². The molecule has 0 spiro atoms. The number of ether oxygens (including phenoxy) is 1. The van der Waals surface area contributed by atoms with Crippen LogP contribution < -0.4 is 4.74 Å². The quantitative estimate of drug-likeness (QED) is 0.249. The minimum Gasteiger partial charge on any atom is -0.482 e. The number of halogens is 3. The van der Waals surface area contributed by atoms with E-state index in [2.05, 4.69) is 12.0 Å². The molecule has 3 aromatic carbocycles. The van der Waals surface area contributed by atoms with Crippen molar-refractivity contribution >= 4 is 28.6 Å². The smallest absolute Gasteiger partial charge is 0.416 e. The third kappa shape index (κ3) is 6.02. The van der Waals surface area contributed by atoms with Crippen molar-refractivity contribution in [3.8, 4) is 11.4 Å². The molecule has 1 unspecified atom stereocenters. The van der Waals surface area contributed by atoms with Gasteiger partial charge >= 0.3 is 12.1 Å². The molecule has 0 fully saturated rings. The van der Waals surface area contributed by atoms with E-state index >= 15 is 0 Å². The molecule has 36 heavy (non-hydrogen) atoms. The van der Waals surface area contributed by atoms with Crippen LogP contribution in [0.2, 0.25) is 0 Å². The van der Waals surface area contributed by atoms with Crippen LogP contribution in [0.4, 0.5) is 13.2 Å². The van der Waals surface area contributed by atoms with E-state index in [0.29, 0.717) is 11.4 Å². The summed E-state index contributed by atoms with van der Waals surface area (Å²) in [6.45, 7) is 3.74. The first kappa shape index (κ1) is 25.6. The number of benzene rings is 3. The number of carbonyl (C=O) groups is 1. The Labute approximate surface area is 210 Å². The summed E-state index contributed by atoms with van der Waals surface area (Å²) in [4.78, 5) is 11.9. The van der Waals surface area contributed by atoms with Gasteiger partial charge in [0.15, 0.2) is 6.61 Å². The largest absolute Gasteiger partial charge is 0.482 e. The third-order valence-corrected chi connectivity index (χ3v) is 6.78. The molecule has 0 aliphatic rings. The lowest BCUT2D eigenvalue weighted by Gasteiger charge is -2.14. The molecule has 4 aromatic rings. The van der Waals surface area contributed by atoms with Crippen LogP contribution in [0.3, 0.4) is 0 Å². The maximum absolute atomic E-state index is 12.9. The van der Waals surface area contributed by atoms with Gasteiger partial charge in [-0.1, -0.05) is 32.0 Å². The number of hydrogen-bond acceptors (Lipinski definition) is 4. The van der Waals surface area contributed by atoms with E-state index in [1.165, 1.54) is 12.1 Å². The zero-order chi connectivity index (χ0) is 25.9.